The summed E-state index contributed by atoms with van der Waals surface area (Å²) in [6.07, 6.45) is 3.68. The number of rotatable bonds is 5. The lowest BCUT2D eigenvalue weighted by molar-refractivity contribution is -0.125. The molecule has 1 amide bonds. The molecule has 154 valence electrons. The van der Waals surface area contributed by atoms with Crippen molar-refractivity contribution in [2.45, 2.75) is 45.6 Å². The van der Waals surface area contributed by atoms with Crippen molar-refractivity contribution in [3.8, 4) is 0 Å². The summed E-state index contributed by atoms with van der Waals surface area (Å²) in [5, 5.41) is 3.78. The molecule has 0 fully saturated rings. The molecule has 0 bridgehead atoms. The van der Waals surface area contributed by atoms with Gasteiger partial charge in [-0.05, 0) is 55.4 Å². The summed E-state index contributed by atoms with van der Waals surface area (Å²) < 4.78 is 5.43. The van der Waals surface area contributed by atoms with Crippen LogP contribution in [0.2, 0.25) is 0 Å². The lowest BCUT2D eigenvalue weighted by atomic mass is 9.88. The highest BCUT2D eigenvalue weighted by atomic mass is 16.5. The molecule has 1 N–H and O–H groups in total. The van der Waals surface area contributed by atoms with E-state index in [2.05, 4.69) is 22.4 Å². The van der Waals surface area contributed by atoms with Crippen molar-refractivity contribution in [1.82, 2.24) is 10.3 Å². The lowest BCUT2D eigenvalue weighted by Gasteiger charge is -2.26. The Morgan fingerprint density at radius 2 is 1.90 bits per heavy atom. The normalized spacial score (nSPS) is 15.5. The van der Waals surface area contributed by atoms with Crippen LogP contribution < -0.4 is 5.32 Å². The van der Waals surface area contributed by atoms with Crippen LogP contribution in [0.4, 0.5) is 0 Å². The molecular formula is C25H26N2O3. The van der Waals surface area contributed by atoms with Gasteiger partial charge in [-0.3, -0.25) is 9.78 Å². The molecule has 1 aromatic heterocycles. The Labute approximate surface area is 176 Å². The van der Waals surface area contributed by atoms with Crippen LogP contribution in [0.3, 0.4) is 0 Å². The number of benzene rings is 2. The number of esters is 1. The van der Waals surface area contributed by atoms with E-state index >= 15 is 0 Å². The number of ether oxygens (including phenoxy) is 1. The molecule has 5 heteroatoms. The van der Waals surface area contributed by atoms with Crippen LogP contribution >= 0.6 is 0 Å². The van der Waals surface area contributed by atoms with Gasteiger partial charge in [0.25, 0.3) is 5.91 Å². The van der Waals surface area contributed by atoms with E-state index in [1.165, 1.54) is 5.56 Å². The second kappa shape index (κ2) is 8.66. The van der Waals surface area contributed by atoms with E-state index in [9.17, 15) is 9.59 Å². The number of para-hydroxylation sites is 1. The van der Waals surface area contributed by atoms with E-state index in [-0.39, 0.29) is 18.6 Å². The van der Waals surface area contributed by atoms with E-state index in [1.54, 1.807) is 0 Å². The molecule has 3 aromatic rings. The number of nitrogens with zero attached hydrogens (tertiary/aromatic N) is 1. The Morgan fingerprint density at radius 1 is 1.13 bits per heavy atom. The van der Waals surface area contributed by atoms with E-state index in [4.69, 9.17) is 4.74 Å². The van der Waals surface area contributed by atoms with Gasteiger partial charge < -0.3 is 10.1 Å². The first kappa shape index (κ1) is 20.1. The second-order valence-electron chi connectivity index (χ2n) is 7.72. The molecule has 1 aliphatic carbocycles. The summed E-state index contributed by atoms with van der Waals surface area (Å²) in [6, 6.07) is 15.7. The molecular weight excluding hydrogens is 376 g/mol. The van der Waals surface area contributed by atoms with Crippen molar-refractivity contribution < 1.29 is 14.3 Å². The fourth-order valence-electron chi connectivity index (χ4n) is 4.31. The number of carbonyl (C=O) groups is 2. The highest BCUT2D eigenvalue weighted by Gasteiger charge is 2.23. The van der Waals surface area contributed by atoms with Crippen molar-refractivity contribution in [3.63, 3.8) is 0 Å². The van der Waals surface area contributed by atoms with E-state index in [0.717, 1.165) is 53.4 Å². The number of pyridine rings is 1. The first-order valence-electron chi connectivity index (χ1n) is 10.5. The lowest BCUT2D eigenvalue weighted by Crippen LogP contribution is -2.34. The third kappa shape index (κ3) is 3.92. The van der Waals surface area contributed by atoms with E-state index < -0.39 is 5.97 Å². The number of fused-ring (bicyclic) bond motifs is 2. The Kier molecular flexibility index (Phi) is 5.79. The standard InChI is InChI=1S/C25H26N2O3/c1-3-20-16(2)24(19-12-6-7-13-22(19)26-20)25(29)30-15-23(28)27-21-14-8-10-17-9-4-5-11-18(17)21/h4-7,9,11-13,21H,3,8,10,14-15H2,1-2H3,(H,27,28). The topological polar surface area (TPSA) is 68.3 Å². The minimum atomic E-state index is -0.486. The average molecular weight is 402 g/mol. The molecule has 1 unspecified atom stereocenters. The summed E-state index contributed by atoms with van der Waals surface area (Å²) in [7, 11) is 0. The molecule has 1 aliphatic rings. The third-order valence-electron chi connectivity index (χ3n) is 5.81. The van der Waals surface area contributed by atoms with Crippen LogP contribution in [-0.4, -0.2) is 23.5 Å². The minimum Gasteiger partial charge on any atom is -0.452 e. The maximum absolute atomic E-state index is 12.9. The van der Waals surface area contributed by atoms with Gasteiger partial charge in [-0.2, -0.15) is 0 Å². The minimum absolute atomic E-state index is 0.0312. The number of aryl methyl sites for hydroxylation is 2. The summed E-state index contributed by atoms with van der Waals surface area (Å²) in [5.74, 6) is -0.767. The maximum Gasteiger partial charge on any atom is 0.339 e. The zero-order chi connectivity index (χ0) is 21.1. The van der Waals surface area contributed by atoms with Gasteiger partial charge in [0, 0.05) is 11.1 Å². The van der Waals surface area contributed by atoms with Gasteiger partial charge in [-0.1, -0.05) is 49.4 Å². The number of amides is 1. The first-order chi connectivity index (χ1) is 14.6. The van der Waals surface area contributed by atoms with Crippen molar-refractivity contribution in [1.29, 1.82) is 0 Å². The quantitative estimate of drug-likeness (QED) is 0.640. The average Bonchev–Trinajstić information content (AvgIpc) is 2.77. The molecule has 1 atom stereocenters. The number of aromatic nitrogens is 1. The summed E-state index contributed by atoms with van der Waals surface area (Å²) in [6.45, 7) is 3.59. The molecule has 0 saturated carbocycles. The number of carbonyl (C=O) groups excluding carboxylic acids is 2. The van der Waals surface area contributed by atoms with Gasteiger partial charge in [0.05, 0.1) is 17.1 Å². The van der Waals surface area contributed by atoms with Crippen LogP contribution in [0.5, 0.6) is 0 Å². The van der Waals surface area contributed by atoms with Gasteiger partial charge in [0.1, 0.15) is 0 Å². The molecule has 0 spiro atoms. The summed E-state index contributed by atoms with van der Waals surface area (Å²) >= 11 is 0. The molecule has 0 aliphatic heterocycles. The van der Waals surface area contributed by atoms with Gasteiger partial charge in [0.2, 0.25) is 0 Å². The molecule has 1 heterocycles. The molecule has 30 heavy (non-hydrogen) atoms. The van der Waals surface area contributed by atoms with Gasteiger partial charge in [0.15, 0.2) is 6.61 Å². The fraction of sp³-hybridized carbons (Fsp3) is 0.320. The highest BCUT2D eigenvalue weighted by Crippen LogP contribution is 2.29. The molecule has 0 radical (unpaired) electrons. The predicted octanol–water partition coefficient (Wildman–Crippen LogP) is 4.46. The largest absolute Gasteiger partial charge is 0.452 e. The van der Waals surface area contributed by atoms with E-state index in [1.807, 2.05) is 50.2 Å². The van der Waals surface area contributed by atoms with Gasteiger partial charge in [-0.15, -0.1) is 0 Å². The fourth-order valence-corrected chi connectivity index (χ4v) is 4.31. The molecule has 4 rings (SSSR count). The number of nitrogens with one attached hydrogen (secondary N) is 1. The van der Waals surface area contributed by atoms with Crippen molar-refractivity contribution in [3.05, 3.63) is 76.5 Å². The molecule has 2 aromatic carbocycles. The summed E-state index contributed by atoms with van der Waals surface area (Å²) in [5.41, 5.74) is 5.36. The van der Waals surface area contributed by atoms with Gasteiger partial charge in [-0.25, -0.2) is 4.79 Å². The maximum atomic E-state index is 12.9. The van der Waals surface area contributed by atoms with Crippen molar-refractivity contribution in [2.24, 2.45) is 0 Å². The number of hydrogen-bond acceptors (Lipinski definition) is 4. The smallest absolute Gasteiger partial charge is 0.339 e. The first-order valence-corrected chi connectivity index (χ1v) is 10.5. The van der Waals surface area contributed by atoms with Crippen molar-refractivity contribution in [2.75, 3.05) is 6.61 Å². The van der Waals surface area contributed by atoms with E-state index in [0.29, 0.717) is 5.56 Å². The Bertz CT molecular complexity index is 1110. The Morgan fingerprint density at radius 3 is 2.73 bits per heavy atom. The zero-order valence-electron chi connectivity index (χ0n) is 17.4. The number of hydrogen-bond donors (Lipinski definition) is 1. The van der Waals surface area contributed by atoms with Gasteiger partial charge >= 0.3 is 5.97 Å². The Balaban J connectivity index is 1.48. The molecule has 5 nitrogen and oxygen atoms in total. The van der Waals surface area contributed by atoms with Crippen LogP contribution in [-0.2, 0) is 22.4 Å². The predicted molar refractivity (Wildman–Crippen MR) is 116 cm³/mol. The monoisotopic (exact) mass is 402 g/mol. The Hall–Kier alpha value is -3.21. The van der Waals surface area contributed by atoms with Crippen LogP contribution in [0, 0.1) is 6.92 Å². The summed E-state index contributed by atoms with van der Waals surface area (Å²) in [4.78, 5) is 30.1. The van der Waals surface area contributed by atoms with Crippen LogP contribution in [0.1, 0.15) is 58.5 Å². The van der Waals surface area contributed by atoms with Crippen LogP contribution in [0.25, 0.3) is 10.9 Å². The van der Waals surface area contributed by atoms with Crippen molar-refractivity contribution >= 4 is 22.8 Å². The third-order valence-corrected chi connectivity index (χ3v) is 5.81. The highest BCUT2D eigenvalue weighted by molar-refractivity contribution is 6.05. The molecule has 0 saturated heterocycles. The van der Waals surface area contributed by atoms with Crippen LogP contribution in [0.15, 0.2) is 48.5 Å². The second-order valence-corrected chi connectivity index (χ2v) is 7.72. The zero-order valence-corrected chi connectivity index (χ0v) is 17.4. The SMILES string of the molecule is CCc1nc2ccccc2c(C(=O)OCC(=O)NC2CCCc3ccccc32)c1C.